The van der Waals surface area contributed by atoms with Crippen molar-refractivity contribution >= 4 is 28.6 Å². The van der Waals surface area contributed by atoms with E-state index in [2.05, 4.69) is 58.2 Å². The summed E-state index contributed by atoms with van der Waals surface area (Å²) in [5.41, 5.74) is 4.55. The van der Waals surface area contributed by atoms with E-state index in [1.54, 1.807) is 11.3 Å². The summed E-state index contributed by atoms with van der Waals surface area (Å²) >= 11 is 7.77. The molecule has 2 aromatic carbocycles. The molecule has 0 saturated carbocycles. The molecule has 0 amide bonds. The summed E-state index contributed by atoms with van der Waals surface area (Å²) in [7, 11) is 0. The summed E-state index contributed by atoms with van der Waals surface area (Å²) in [5, 5.41) is 2.94. The number of benzene rings is 2. The number of morpholine rings is 1. The van der Waals surface area contributed by atoms with Crippen molar-refractivity contribution in [3.63, 3.8) is 0 Å². The molecule has 1 aliphatic rings. The maximum atomic E-state index is 6.09. The minimum atomic E-state index is 0.753. The van der Waals surface area contributed by atoms with Gasteiger partial charge in [0.2, 0.25) is 0 Å². The molecule has 0 spiro atoms. The number of rotatable bonds is 5. The van der Waals surface area contributed by atoms with Crippen LogP contribution in [0.2, 0.25) is 5.02 Å². The lowest BCUT2D eigenvalue weighted by molar-refractivity contribution is 0.0363. The number of aryl methyl sites for hydroxylation is 1. The van der Waals surface area contributed by atoms with Crippen molar-refractivity contribution in [2.45, 2.75) is 13.5 Å². The second-order valence-corrected chi connectivity index (χ2v) is 8.24. The van der Waals surface area contributed by atoms with Gasteiger partial charge < -0.3 is 9.30 Å². The average molecular weight is 414 g/mol. The van der Waals surface area contributed by atoms with Crippen LogP contribution in [0.4, 0.5) is 5.69 Å². The molecular formula is C22H24ClN3OS. The van der Waals surface area contributed by atoms with Crippen molar-refractivity contribution in [3.05, 3.63) is 69.3 Å². The molecule has 0 aliphatic carbocycles. The molecule has 1 aromatic heterocycles. The van der Waals surface area contributed by atoms with Gasteiger partial charge in [-0.3, -0.25) is 4.90 Å². The molecule has 1 saturated heterocycles. The predicted octanol–water partition coefficient (Wildman–Crippen LogP) is 4.74. The first-order chi connectivity index (χ1) is 13.7. The van der Waals surface area contributed by atoms with Crippen LogP contribution in [-0.2, 0) is 11.3 Å². The van der Waals surface area contributed by atoms with Gasteiger partial charge in [0, 0.05) is 36.6 Å². The van der Waals surface area contributed by atoms with E-state index in [1.165, 1.54) is 11.3 Å². The highest BCUT2D eigenvalue weighted by atomic mass is 35.5. The zero-order chi connectivity index (χ0) is 19.3. The first-order valence-electron chi connectivity index (χ1n) is 9.55. The molecule has 4 rings (SSSR count). The van der Waals surface area contributed by atoms with Gasteiger partial charge in [0.15, 0.2) is 4.80 Å². The number of aromatic nitrogens is 1. The van der Waals surface area contributed by atoms with Crippen LogP contribution in [0.25, 0.3) is 11.3 Å². The second-order valence-electron chi connectivity index (χ2n) is 6.97. The summed E-state index contributed by atoms with van der Waals surface area (Å²) in [5.74, 6) is 0. The highest BCUT2D eigenvalue weighted by Gasteiger charge is 2.13. The summed E-state index contributed by atoms with van der Waals surface area (Å²) in [6.45, 7) is 7.60. The van der Waals surface area contributed by atoms with E-state index >= 15 is 0 Å². The van der Waals surface area contributed by atoms with Gasteiger partial charge in [-0.1, -0.05) is 35.9 Å². The minimum Gasteiger partial charge on any atom is -0.379 e. The van der Waals surface area contributed by atoms with Crippen LogP contribution in [0.3, 0.4) is 0 Å². The normalized spacial score (nSPS) is 15.9. The molecule has 2 heterocycles. The van der Waals surface area contributed by atoms with Gasteiger partial charge in [-0.05, 0) is 42.3 Å². The number of hydrogen-bond donors (Lipinski definition) is 0. The Morgan fingerprint density at radius 1 is 1.07 bits per heavy atom. The summed E-state index contributed by atoms with van der Waals surface area (Å²) < 4.78 is 7.80. The van der Waals surface area contributed by atoms with Crippen LogP contribution in [0.1, 0.15) is 5.56 Å². The van der Waals surface area contributed by atoms with E-state index in [4.69, 9.17) is 21.3 Å². The fourth-order valence-electron chi connectivity index (χ4n) is 3.36. The quantitative estimate of drug-likeness (QED) is 0.604. The SMILES string of the molecule is Cc1cccc(N=c2scc(-c3ccc(Cl)cc3)n2CCN2CCOCC2)c1. The third kappa shape index (κ3) is 4.73. The highest BCUT2D eigenvalue weighted by molar-refractivity contribution is 7.07. The Labute approximate surface area is 174 Å². The molecule has 0 radical (unpaired) electrons. The lowest BCUT2D eigenvalue weighted by atomic mass is 10.2. The molecule has 146 valence electrons. The van der Waals surface area contributed by atoms with Crippen molar-refractivity contribution in [2.24, 2.45) is 4.99 Å². The van der Waals surface area contributed by atoms with Gasteiger partial charge in [-0.15, -0.1) is 11.3 Å². The van der Waals surface area contributed by atoms with Crippen molar-refractivity contribution in [1.29, 1.82) is 0 Å². The van der Waals surface area contributed by atoms with E-state index in [-0.39, 0.29) is 0 Å². The van der Waals surface area contributed by atoms with Crippen LogP contribution in [0.15, 0.2) is 58.9 Å². The predicted molar refractivity (Wildman–Crippen MR) is 116 cm³/mol. The molecule has 0 atom stereocenters. The second kappa shape index (κ2) is 9.05. The zero-order valence-electron chi connectivity index (χ0n) is 16.0. The van der Waals surface area contributed by atoms with Gasteiger partial charge >= 0.3 is 0 Å². The number of thiazole rings is 1. The van der Waals surface area contributed by atoms with E-state index in [0.29, 0.717) is 0 Å². The molecular weight excluding hydrogens is 390 g/mol. The molecule has 4 nitrogen and oxygen atoms in total. The fourth-order valence-corrected chi connectivity index (χ4v) is 4.44. The van der Waals surface area contributed by atoms with Crippen LogP contribution in [0.5, 0.6) is 0 Å². The van der Waals surface area contributed by atoms with Gasteiger partial charge in [0.25, 0.3) is 0 Å². The first-order valence-corrected chi connectivity index (χ1v) is 10.8. The summed E-state index contributed by atoms with van der Waals surface area (Å²) in [6, 6.07) is 16.4. The lowest BCUT2D eigenvalue weighted by Gasteiger charge is -2.26. The Morgan fingerprint density at radius 2 is 1.86 bits per heavy atom. The number of hydrogen-bond acceptors (Lipinski definition) is 4. The third-order valence-electron chi connectivity index (χ3n) is 4.91. The van der Waals surface area contributed by atoms with E-state index in [1.807, 2.05) is 12.1 Å². The van der Waals surface area contributed by atoms with Gasteiger partial charge in [-0.25, -0.2) is 4.99 Å². The zero-order valence-corrected chi connectivity index (χ0v) is 17.5. The van der Waals surface area contributed by atoms with Gasteiger partial charge in [0.05, 0.1) is 24.6 Å². The average Bonchev–Trinajstić information content (AvgIpc) is 3.10. The Balaban J connectivity index is 1.69. The van der Waals surface area contributed by atoms with E-state index < -0.39 is 0 Å². The maximum Gasteiger partial charge on any atom is 0.190 e. The van der Waals surface area contributed by atoms with Crippen molar-refractivity contribution in [2.75, 3.05) is 32.8 Å². The molecule has 6 heteroatoms. The smallest absolute Gasteiger partial charge is 0.190 e. The Bertz CT molecular complexity index is 988. The Hall–Kier alpha value is -1.92. The molecule has 0 unspecified atom stereocenters. The van der Waals surface area contributed by atoms with Gasteiger partial charge in [-0.2, -0.15) is 0 Å². The minimum absolute atomic E-state index is 0.753. The van der Waals surface area contributed by atoms with Crippen LogP contribution < -0.4 is 4.80 Å². The van der Waals surface area contributed by atoms with Crippen LogP contribution in [-0.4, -0.2) is 42.3 Å². The lowest BCUT2D eigenvalue weighted by Crippen LogP contribution is -2.39. The standard InChI is InChI=1S/C22H24ClN3OS/c1-17-3-2-4-20(15-17)24-22-26(10-9-25-11-13-27-14-12-25)21(16-28-22)18-5-7-19(23)8-6-18/h2-8,15-16H,9-14H2,1H3. The Kier molecular flexibility index (Phi) is 6.27. The number of nitrogens with zero attached hydrogens (tertiary/aromatic N) is 3. The molecule has 0 N–H and O–H groups in total. The van der Waals surface area contributed by atoms with Gasteiger partial charge in [0.1, 0.15) is 0 Å². The maximum absolute atomic E-state index is 6.09. The molecule has 1 aliphatic heterocycles. The highest BCUT2D eigenvalue weighted by Crippen LogP contribution is 2.23. The van der Waals surface area contributed by atoms with Crippen LogP contribution >= 0.6 is 22.9 Å². The van der Waals surface area contributed by atoms with Crippen molar-refractivity contribution < 1.29 is 4.74 Å². The van der Waals surface area contributed by atoms with Crippen LogP contribution in [0, 0.1) is 6.92 Å². The summed E-state index contributed by atoms with van der Waals surface area (Å²) in [6.07, 6.45) is 0. The Morgan fingerprint density at radius 3 is 2.61 bits per heavy atom. The topological polar surface area (TPSA) is 29.8 Å². The molecule has 28 heavy (non-hydrogen) atoms. The monoisotopic (exact) mass is 413 g/mol. The van der Waals surface area contributed by atoms with Crippen molar-refractivity contribution in [1.82, 2.24) is 9.47 Å². The van der Waals surface area contributed by atoms with Crippen molar-refractivity contribution in [3.8, 4) is 11.3 Å². The number of halogens is 1. The molecule has 1 fully saturated rings. The summed E-state index contributed by atoms with van der Waals surface area (Å²) in [4.78, 5) is 8.41. The molecule has 3 aromatic rings. The third-order valence-corrected chi connectivity index (χ3v) is 6.02. The van der Waals surface area contributed by atoms with E-state index in [9.17, 15) is 0 Å². The first kappa shape index (κ1) is 19.4. The van der Waals surface area contributed by atoms with E-state index in [0.717, 1.165) is 60.5 Å². The number of ether oxygens (including phenoxy) is 1. The molecule has 0 bridgehead atoms. The largest absolute Gasteiger partial charge is 0.379 e. The fraction of sp³-hybridized carbons (Fsp3) is 0.318.